The number of anilines is 1. The number of carbonyl (C=O) groups excluding carboxylic acids is 3. The van der Waals surface area contributed by atoms with Gasteiger partial charge in [0.1, 0.15) is 11.8 Å². The number of aliphatic hydroxyl groups is 1. The summed E-state index contributed by atoms with van der Waals surface area (Å²) < 4.78 is 4.81. The highest BCUT2D eigenvalue weighted by atomic mass is 79.9. The van der Waals surface area contributed by atoms with Crippen molar-refractivity contribution in [3.8, 4) is 5.75 Å². The molecule has 3 aliphatic heterocycles. The van der Waals surface area contributed by atoms with E-state index in [0.29, 0.717) is 38.2 Å². The number of alkyl halides is 1. The normalized spacial score (nSPS) is 30.9. The molecule has 3 amide bonds. The maximum absolute atomic E-state index is 13.8. The molecule has 8 nitrogen and oxygen atoms in total. The predicted molar refractivity (Wildman–Crippen MR) is 140 cm³/mol. The maximum atomic E-state index is 13.8. The van der Waals surface area contributed by atoms with Crippen LogP contribution in [-0.4, -0.2) is 74.9 Å². The first-order chi connectivity index (χ1) is 16.9. The number of amides is 3. The minimum atomic E-state index is -0.664. The van der Waals surface area contributed by atoms with Gasteiger partial charge in [-0.2, -0.15) is 0 Å². The van der Waals surface area contributed by atoms with Crippen molar-refractivity contribution in [1.29, 1.82) is 0 Å². The summed E-state index contributed by atoms with van der Waals surface area (Å²) >= 11 is 5.38. The van der Waals surface area contributed by atoms with Crippen LogP contribution in [0, 0.1) is 11.8 Å². The van der Waals surface area contributed by atoms with Gasteiger partial charge < -0.3 is 25.4 Å². The van der Waals surface area contributed by atoms with Gasteiger partial charge in [-0.1, -0.05) is 29.3 Å². The summed E-state index contributed by atoms with van der Waals surface area (Å²) in [5.41, 5.74) is 0.642. The lowest BCUT2D eigenvalue weighted by Crippen LogP contribution is -2.54. The van der Waals surface area contributed by atoms with Crippen molar-refractivity contribution in [1.82, 2.24) is 10.2 Å². The predicted octanol–water partition coefficient (Wildman–Crippen LogP) is 2.79. The summed E-state index contributed by atoms with van der Waals surface area (Å²) in [6, 6.07) is 6.54. The zero-order valence-electron chi connectivity index (χ0n) is 20.2. The number of rotatable bonds is 11. The molecule has 3 N–H and O–H groups in total. The molecule has 0 radical (unpaired) electrons. The van der Waals surface area contributed by atoms with Gasteiger partial charge >= 0.3 is 0 Å². The monoisotopic (exact) mass is 567 g/mol. The summed E-state index contributed by atoms with van der Waals surface area (Å²) in [7, 11) is 0. The van der Waals surface area contributed by atoms with Crippen molar-refractivity contribution in [3.05, 3.63) is 24.3 Å². The number of unbranched alkanes of at least 4 members (excludes halogenated alkanes) is 1. The Balaban J connectivity index is 1.60. The smallest absolute Gasteiger partial charge is 0.244 e. The number of hydrogen-bond donors (Lipinski definition) is 3. The van der Waals surface area contributed by atoms with E-state index in [0.717, 1.165) is 18.6 Å². The number of ether oxygens (including phenoxy) is 1. The molecule has 10 heteroatoms. The number of fused-ring (bicyclic) bond motifs is 1. The lowest BCUT2D eigenvalue weighted by atomic mass is 9.70. The molecule has 0 aromatic heterocycles. The molecule has 1 aromatic carbocycles. The van der Waals surface area contributed by atoms with Crippen LogP contribution in [0.2, 0.25) is 0 Å². The third-order valence-corrected chi connectivity index (χ3v) is 10.4. The van der Waals surface area contributed by atoms with E-state index in [2.05, 4.69) is 33.5 Å². The van der Waals surface area contributed by atoms with E-state index in [1.54, 1.807) is 40.9 Å². The highest BCUT2D eigenvalue weighted by Gasteiger charge is 2.75. The van der Waals surface area contributed by atoms with E-state index >= 15 is 0 Å². The fourth-order valence-corrected chi connectivity index (χ4v) is 9.34. The van der Waals surface area contributed by atoms with Crippen molar-refractivity contribution in [3.63, 3.8) is 0 Å². The molecule has 1 spiro atoms. The fourth-order valence-electron chi connectivity index (χ4n) is 5.72. The topological polar surface area (TPSA) is 108 Å². The van der Waals surface area contributed by atoms with E-state index in [4.69, 9.17) is 4.74 Å². The zero-order chi connectivity index (χ0) is 25.2. The summed E-state index contributed by atoms with van der Waals surface area (Å²) in [6.45, 7) is 5.32. The van der Waals surface area contributed by atoms with Crippen LogP contribution in [0.25, 0.3) is 0 Å². The van der Waals surface area contributed by atoms with Gasteiger partial charge in [-0.05, 0) is 50.5 Å². The van der Waals surface area contributed by atoms with Crippen molar-refractivity contribution in [2.75, 3.05) is 31.6 Å². The fraction of sp³-hybridized carbons (Fsp3) is 0.640. The standard InChI is InChI=1S/C25H34BrN3O5S/c1-3-5-11-27-23(32)21-25-14-17(26)20(35-25)18(19(25)24(33)29(21)12-6-13-30)22(31)28-15-7-9-16(10-8-15)34-4-2/h7-10,17-21,30H,3-6,11-14H2,1-2H3,(H,27,32)(H,28,31)/t17?,18-,19-,20-,21?,25?/m0/s1. The summed E-state index contributed by atoms with van der Waals surface area (Å²) in [5.74, 6) is -0.923. The Morgan fingerprint density at radius 1 is 1.23 bits per heavy atom. The Morgan fingerprint density at radius 2 is 1.97 bits per heavy atom. The number of halogens is 1. The van der Waals surface area contributed by atoms with Crippen molar-refractivity contribution in [2.24, 2.45) is 11.8 Å². The molecule has 3 unspecified atom stereocenters. The summed E-state index contributed by atoms with van der Waals surface area (Å²) in [5, 5.41) is 15.3. The van der Waals surface area contributed by atoms with Crippen LogP contribution >= 0.6 is 27.7 Å². The number of hydrogen-bond acceptors (Lipinski definition) is 6. The lowest BCUT2D eigenvalue weighted by Gasteiger charge is -2.35. The second kappa shape index (κ2) is 11.1. The third kappa shape index (κ3) is 4.81. The Kier molecular flexibility index (Phi) is 8.33. The van der Waals surface area contributed by atoms with Crippen molar-refractivity contribution < 1.29 is 24.2 Å². The van der Waals surface area contributed by atoms with Crippen LogP contribution in [0.3, 0.4) is 0 Å². The molecule has 3 heterocycles. The highest BCUT2D eigenvalue weighted by molar-refractivity contribution is 9.09. The molecule has 1 aromatic rings. The molecule has 0 aliphatic carbocycles. The van der Waals surface area contributed by atoms with Crippen LogP contribution < -0.4 is 15.4 Å². The van der Waals surface area contributed by atoms with Gasteiger partial charge in [0.15, 0.2) is 0 Å². The Hall–Kier alpha value is -1.78. The first-order valence-corrected chi connectivity index (χ1v) is 14.2. The van der Waals surface area contributed by atoms with Gasteiger partial charge in [-0.25, -0.2) is 0 Å². The first-order valence-electron chi connectivity index (χ1n) is 12.4. The molecule has 6 atom stereocenters. The number of aliphatic hydroxyl groups excluding tert-OH is 1. The number of carbonyl (C=O) groups is 3. The molecule has 2 bridgehead atoms. The molecule has 0 saturated carbocycles. The Labute approximate surface area is 219 Å². The molecular weight excluding hydrogens is 534 g/mol. The van der Waals surface area contributed by atoms with Crippen molar-refractivity contribution >= 4 is 51.1 Å². The van der Waals surface area contributed by atoms with Gasteiger partial charge in [-0.3, -0.25) is 14.4 Å². The molecule has 3 aliphatic rings. The van der Waals surface area contributed by atoms with E-state index < -0.39 is 22.6 Å². The van der Waals surface area contributed by atoms with Gasteiger partial charge in [0.2, 0.25) is 17.7 Å². The molecule has 3 saturated heterocycles. The van der Waals surface area contributed by atoms with E-state index in [-0.39, 0.29) is 34.4 Å². The zero-order valence-corrected chi connectivity index (χ0v) is 22.6. The molecular formula is C25H34BrN3O5S. The molecule has 3 fully saturated rings. The first kappa shape index (κ1) is 26.3. The van der Waals surface area contributed by atoms with Crippen molar-refractivity contribution in [2.45, 2.75) is 60.4 Å². The van der Waals surface area contributed by atoms with E-state index in [1.165, 1.54) is 0 Å². The van der Waals surface area contributed by atoms with Gasteiger partial charge in [0.25, 0.3) is 0 Å². The lowest BCUT2D eigenvalue weighted by molar-refractivity contribution is -0.139. The van der Waals surface area contributed by atoms with Crippen LogP contribution in [0.1, 0.15) is 39.5 Å². The Morgan fingerprint density at radius 3 is 2.63 bits per heavy atom. The number of thioether (sulfide) groups is 1. The third-order valence-electron chi connectivity index (χ3n) is 7.16. The minimum Gasteiger partial charge on any atom is -0.494 e. The number of nitrogens with zero attached hydrogens (tertiary/aromatic N) is 1. The number of benzene rings is 1. The summed E-state index contributed by atoms with van der Waals surface area (Å²) in [4.78, 5) is 42.4. The molecule has 192 valence electrons. The number of likely N-dealkylation sites (tertiary alicyclic amines) is 1. The average Bonchev–Trinajstić information content (AvgIpc) is 3.42. The Bertz CT molecular complexity index is 948. The van der Waals surface area contributed by atoms with Gasteiger partial charge in [0.05, 0.1) is 23.2 Å². The van der Waals surface area contributed by atoms with Gasteiger partial charge in [0, 0.05) is 35.5 Å². The van der Waals surface area contributed by atoms with E-state index in [9.17, 15) is 19.5 Å². The van der Waals surface area contributed by atoms with Crippen LogP contribution in [0.15, 0.2) is 24.3 Å². The highest BCUT2D eigenvalue weighted by Crippen LogP contribution is 2.67. The largest absolute Gasteiger partial charge is 0.494 e. The second-order valence-corrected chi connectivity index (χ2v) is 12.1. The van der Waals surface area contributed by atoms with Gasteiger partial charge in [-0.15, -0.1) is 11.8 Å². The van der Waals surface area contributed by atoms with E-state index in [1.807, 2.05) is 6.92 Å². The average molecular weight is 569 g/mol. The SMILES string of the molecule is CCCCNC(=O)C1N(CCCO)C(=O)[C@@H]2[C@H](C(=O)Nc3ccc(OCC)cc3)[C@H]3SC12CC3Br. The molecule has 35 heavy (non-hydrogen) atoms. The molecule has 4 rings (SSSR count). The summed E-state index contributed by atoms with van der Waals surface area (Å²) in [6.07, 6.45) is 2.86. The second-order valence-electron chi connectivity index (χ2n) is 9.36. The quantitative estimate of drug-likeness (QED) is 0.280. The van der Waals surface area contributed by atoms with Crippen LogP contribution in [0.5, 0.6) is 5.75 Å². The maximum Gasteiger partial charge on any atom is 0.244 e. The van der Waals surface area contributed by atoms with Crippen LogP contribution in [-0.2, 0) is 14.4 Å². The number of nitrogens with one attached hydrogen (secondary N) is 2. The minimum absolute atomic E-state index is 0.0244. The van der Waals surface area contributed by atoms with Crippen LogP contribution in [0.4, 0.5) is 5.69 Å².